The number of nitrogens with zero attached hydrogens (tertiary/aromatic N) is 4. The molecule has 0 spiro atoms. The molecule has 1 saturated heterocycles. The zero-order valence-electron chi connectivity index (χ0n) is 26.0. The molecule has 3 aromatic carbocycles. The van der Waals surface area contributed by atoms with Crippen LogP contribution < -0.4 is 29.7 Å². The van der Waals surface area contributed by atoms with Gasteiger partial charge in [-0.05, 0) is 55.3 Å². The molecule has 13 heteroatoms. The normalized spacial score (nSPS) is 13.9. The molecule has 2 N–H and O–H groups in total. The van der Waals surface area contributed by atoms with E-state index in [1.165, 1.54) is 6.07 Å². The van der Waals surface area contributed by atoms with Crippen molar-refractivity contribution in [3.63, 3.8) is 0 Å². The number of nitrogens with one attached hydrogen (secondary N) is 2. The molecule has 1 fully saturated rings. The summed E-state index contributed by atoms with van der Waals surface area (Å²) in [6.07, 6.45) is 0.152. The second-order valence-electron chi connectivity index (χ2n) is 11.1. The molecule has 1 amide bonds. The fourth-order valence-corrected chi connectivity index (χ4v) is 5.63. The molecule has 1 aliphatic heterocycles. The maximum absolute atomic E-state index is 14.3. The standard InChI is InChI=1S/C34H33F3N6O4/c1-4-32(44)40-21-10-13-43(14-11-21)28-8-6-22(15-25(28)34(35,36)37)41-33-39-19-20-5-7-23(16-26(20)42-33)47-29-9-12-38-27-18-31(46-3)30(45-2)17-24(27)29/h5-9,12,15-19,21H,4,10-11,13-14H2,1-3H3,(H,40,44)(H,39,41,42). The highest BCUT2D eigenvalue weighted by atomic mass is 19.4. The van der Waals surface area contributed by atoms with Crippen molar-refractivity contribution in [3.8, 4) is 23.0 Å². The molecular weight excluding hydrogens is 613 g/mol. The highest BCUT2D eigenvalue weighted by Crippen LogP contribution is 2.40. The predicted octanol–water partition coefficient (Wildman–Crippen LogP) is 7.24. The van der Waals surface area contributed by atoms with Crippen molar-refractivity contribution in [1.29, 1.82) is 0 Å². The van der Waals surface area contributed by atoms with Crippen LogP contribution in [0.25, 0.3) is 21.8 Å². The Bertz CT molecular complexity index is 1930. The summed E-state index contributed by atoms with van der Waals surface area (Å²) in [5, 5.41) is 7.30. The number of alkyl halides is 3. The Hall–Kier alpha value is -5.33. The van der Waals surface area contributed by atoms with E-state index in [4.69, 9.17) is 14.2 Å². The first-order chi connectivity index (χ1) is 22.6. The van der Waals surface area contributed by atoms with E-state index in [-0.39, 0.29) is 29.3 Å². The number of carbonyl (C=O) groups excluding carboxylic acids is 1. The number of hydrogen-bond donors (Lipinski definition) is 2. The van der Waals surface area contributed by atoms with Gasteiger partial charge in [0.15, 0.2) is 11.5 Å². The van der Waals surface area contributed by atoms with Gasteiger partial charge in [0.2, 0.25) is 11.9 Å². The molecule has 10 nitrogen and oxygen atoms in total. The number of piperidine rings is 1. The van der Waals surface area contributed by atoms with Crippen LogP contribution in [0.4, 0.5) is 30.5 Å². The Kier molecular flexibility index (Phi) is 8.88. The molecule has 0 aliphatic carbocycles. The van der Waals surface area contributed by atoms with Crippen molar-refractivity contribution < 1.29 is 32.2 Å². The minimum atomic E-state index is -4.58. The summed E-state index contributed by atoms with van der Waals surface area (Å²) in [5.41, 5.74) is 0.732. The van der Waals surface area contributed by atoms with Gasteiger partial charge in [0.05, 0.1) is 30.8 Å². The minimum Gasteiger partial charge on any atom is -0.493 e. The number of aromatic nitrogens is 3. The van der Waals surface area contributed by atoms with Gasteiger partial charge in [0.1, 0.15) is 11.5 Å². The van der Waals surface area contributed by atoms with Gasteiger partial charge in [0, 0.05) is 72.2 Å². The molecule has 3 heterocycles. The quantitative estimate of drug-likeness (QED) is 0.171. The van der Waals surface area contributed by atoms with Gasteiger partial charge in [-0.3, -0.25) is 9.78 Å². The lowest BCUT2D eigenvalue weighted by molar-refractivity contribution is -0.137. The van der Waals surface area contributed by atoms with Crippen molar-refractivity contribution in [2.75, 3.05) is 37.5 Å². The predicted molar refractivity (Wildman–Crippen MR) is 173 cm³/mol. The maximum atomic E-state index is 14.3. The summed E-state index contributed by atoms with van der Waals surface area (Å²) in [5.74, 6) is 2.18. The van der Waals surface area contributed by atoms with Crippen molar-refractivity contribution in [2.45, 2.75) is 38.4 Å². The molecule has 0 atom stereocenters. The van der Waals surface area contributed by atoms with E-state index >= 15 is 0 Å². The van der Waals surface area contributed by atoms with Crippen LogP contribution in [0.1, 0.15) is 31.7 Å². The highest BCUT2D eigenvalue weighted by molar-refractivity contribution is 5.88. The van der Waals surface area contributed by atoms with Crippen LogP contribution in [0.2, 0.25) is 0 Å². The summed E-state index contributed by atoms with van der Waals surface area (Å²) >= 11 is 0. The lowest BCUT2D eigenvalue weighted by Gasteiger charge is -2.35. The second kappa shape index (κ2) is 13.2. The van der Waals surface area contributed by atoms with Crippen LogP contribution >= 0.6 is 0 Å². The molecule has 2 aromatic heterocycles. The van der Waals surface area contributed by atoms with Crippen LogP contribution in [0.15, 0.2) is 67.0 Å². The van der Waals surface area contributed by atoms with Gasteiger partial charge in [-0.15, -0.1) is 0 Å². The average Bonchev–Trinajstić information content (AvgIpc) is 3.07. The molecule has 1 aliphatic rings. The molecule has 0 radical (unpaired) electrons. The molecule has 5 aromatic rings. The zero-order chi connectivity index (χ0) is 33.1. The number of halogens is 3. The van der Waals surface area contributed by atoms with Gasteiger partial charge >= 0.3 is 6.18 Å². The van der Waals surface area contributed by atoms with E-state index in [0.717, 1.165) is 11.5 Å². The highest BCUT2D eigenvalue weighted by Gasteiger charge is 2.36. The lowest BCUT2D eigenvalue weighted by Crippen LogP contribution is -2.45. The number of anilines is 3. The molecule has 47 heavy (non-hydrogen) atoms. The van der Waals surface area contributed by atoms with Gasteiger partial charge in [-0.2, -0.15) is 13.2 Å². The van der Waals surface area contributed by atoms with Gasteiger partial charge in [-0.25, -0.2) is 9.97 Å². The molecule has 0 unspecified atom stereocenters. The molecule has 0 bridgehead atoms. The van der Waals surface area contributed by atoms with Crippen LogP contribution in [-0.2, 0) is 11.0 Å². The summed E-state index contributed by atoms with van der Waals surface area (Å²) in [6, 6.07) is 14.7. The SMILES string of the molecule is CCC(=O)NC1CCN(c2ccc(Nc3ncc4ccc(Oc5ccnc6cc(OC)c(OC)cc56)cc4n3)cc2C(F)(F)F)CC1. The van der Waals surface area contributed by atoms with E-state index in [2.05, 4.69) is 25.6 Å². The Balaban J connectivity index is 1.22. The van der Waals surface area contributed by atoms with E-state index in [0.29, 0.717) is 71.8 Å². The third-order valence-corrected chi connectivity index (χ3v) is 8.07. The van der Waals surface area contributed by atoms with E-state index < -0.39 is 11.7 Å². The first kappa shape index (κ1) is 31.6. The zero-order valence-corrected chi connectivity index (χ0v) is 26.0. The van der Waals surface area contributed by atoms with E-state index in [1.807, 2.05) is 0 Å². The molecule has 0 saturated carbocycles. The summed E-state index contributed by atoms with van der Waals surface area (Å²) in [6.45, 7) is 2.57. The summed E-state index contributed by atoms with van der Waals surface area (Å²) < 4.78 is 59.8. The number of pyridine rings is 1. The Morgan fingerprint density at radius 2 is 1.70 bits per heavy atom. The fourth-order valence-electron chi connectivity index (χ4n) is 5.63. The largest absolute Gasteiger partial charge is 0.493 e. The first-order valence-corrected chi connectivity index (χ1v) is 15.1. The number of carbonyl (C=O) groups is 1. The Morgan fingerprint density at radius 1 is 0.936 bits per heavy atom. The van der Waals surface area contributed by atoms with E-state index in [1.54, 1.807) is 80.9 Å². The fraction of sp³-hybridized carbons (Fsp3) is 0.294. The average molecular weight is 647 g/mol. The third kappa shape index (κ3) is 6.93. The number of ether oxygens (including phenoxy) is 3. The topological polar surface area (TPSA) is 111 Å². The minimum absolute atomic E-state index is 0.0402. The lowest BCUT2D eigenvalue weighted by atomic mass is 10.0. The number of benzene rings is 3. The van der Waals surface area contributed by atoms with Gasteiger partial charge < -0.3 is 29.7 Å². The summed E-state index contributed by atoms with van der Waals surface area (Å²) in [7, 11) is 3.10. The number of amides is 1. The van der Waals surface area contributed by atoms with Crippen LogP contribution in [0.3, 0.4) is 0 Å². The number of fused-ring (bicyclic) bond motifs is 2. The third-order valence-electron chi connectivity index (χ3n) is 8.07. The molecular formula is C34H33F3N6O4. The smallest absolute Gasteiger partial charge is 0.418 e. The van der Waals surface area contributed by atoms with Crippen LogP contribution in [-0.4, -0.2) is 54.2 Å². The van der Waals surface area contributed by atoms with Crippen molar-refractivity contribution >= 4 is 45.0 Å². The van der Waals surface area contributed by atoms with Gasteiger partial charge in [-0.1, -0.05) is 6.92 Å². The maximum Gasteiger partial charge on any atom is 0.418 e. The van der Waals surface area contributed by atoms with Crippen LogP contribution in [0, 0.1) is 0 Å². The summed E-state index contributed by atoms with van der Waals surface area (Å²) in [4.78, 5) is 26.7. The molecule has 6 rings (SSSR count). The Labute approximate surface area is 268 Å². The van der Waals surface area contributed by atoms with Crippen molar-refractivity contribution in [2.24, 2.45) is 0 Å². The molecule has 244 valence electrons. The number of methoxy groups -OCH3 is 2. The van der Waals surface area contributed by atoms with Crippen molar-refractivity contribution in [1.82, 2.24) is 20.3 Å². The first-order valence-electron chi connectivity index (χ1n) is 15.1. The monoisotopic (exact) mass is 646 g/mol. The van der Waals surface area contributed by atoms with Crippen LogP contribution in [0.5, 0.6) is 23.0 Å². The van der Waals surface area contributed by atoms with E-state index in [9.17, 15) is 18.0 Å². The number of rotatable bonds is 9. The second-order valence-corrected chi connectivity index (χ2v) is 11.1. The number of hydrogen-bond acceptors (Lipinski definition) is 9. The van der Waals surface area contributed by atoms with Gasteiger partial charge in [0.25, 0.3) is 0 Å². The Morgan fingerprint density at radius 3 is 2.43 bits per heavy atom. The van der Waals surface area contributed by atoms with Crippen molar-refractivity contribution in [3.05, 3.63) is 72.6 Å².